The predicted molar refractivity (Wildman–Crippen MR) is 39.0 cm³/mol. The summed E-state index contributed by atoms with van der Waals surface area (Å²) in [6, 6.07) is 0. The van der Waals surface area contributed by atoms with Gasteiger partial charge in [-0.05, 0) is 12.5 Å². The molecule has 0 aromatic rings. The van der Waals surface area contributed by atoms with Gasteiger partial charge in [-0.15, -0.1) is 11.6 Å². The maximum absolute atomic E-state index is 10.7. The minimum absolute atomic E-state index is 0.0437. The largest absolute Gasteiger partial charge is 0.387 e. The van der Waals surface area contributed by atoms with Crippen molar-refractivity contribution in [2.75, 3.05) is 0 Å². The Morgan fingerprint density at radius 1 is 1.70 bits per heavy atom. The lowest BCUT2D eigenvalue weighted by atomic mass is 10.2. The molecule has 0 saturated carbocycles. The molecule has 56 valence electrons. The second kappa shape index (κ2) is 3.17. The van der Waals surface area contributed by atoms with E-state index in [1.54, 1.807) is 0 Å². The average Bonchev–Trinajstić information content (AvgIpc) is 2.04. The second-order valence-electron chi connectivity index (χ2n) is 2.37. The summed E-state index contributed by atoms with van der Waals surface area (Å²) in [4.78, 5) is 10.7. The molecule has 1 N–H and O–H groups in total. The molecule has 0 saturated heterocycles. The first-order valence-electron chi connectivity index (χ1n) is 3.23. The molecule has 0 spiro atoms. The van der Waals surface area contributed by atoms with Crippen LogP contribution in [0.2, 0.25) is 0 Å². The number of carbonyl (C=O) groups excluding carboxylic acids is 1. The first-order chi connectivity index (χ1) is 4.70. The van der Waals surface area contributed by atoms with E-state index in [1.807, 2.05) is 0 Å². The van der Waals surface area contributed by atoms with Crippen molar-refractivity contribution in [3.63, 3.8) is 0 Å². The van der Waals surface area contributed by atoms with Gasteiger partial charge in [0, 0.05) is 6.42 Å². The number of rotatable bonds is 0. The van der Waals surface area contributed by atoms with Gasteiger partial charge in [0.25, 0.3) is 0 Å². The third-order valence-electron chi connectivity index (χ3n) is 1.52. The van der Waals surface area contributed by atoms with Crippen LogP contribution in [-0.2, 0) is 4.79 Å². The van der Waals surface area contributed by atoms with Gasteiger partial charge in [-0.1, -0.05) is 6.08 Å². The molecule has 1 rings (SSSR count). The van der Waals surface area contributed by atoms with Crippen LogP contribution in [0, 0.1) is 0 Å². The van der Waals surface area contributed by atoms with E-state index in [-0.39, 0.29) is 11.2 Å². The highest BCUT2D eigenvalue weighted by atomic mass is 35.5. The summed E-state index contributed by atoms with van der Waals surface area (Å²) in [5.41, 5.74) is 0. The Bertz CT molecular complexity index is 165. The Morgan fingerprint density at radius 2 is 2.40 bits per heavy atom. The molecule has 2 nitrogen and oxygen atoms in total. The molecule has 2 atom stereocenters. The number of hydrogen-bond acceptors (Lipinski definition) is 2. The van der Waals surface area contributed by atoms with Gasteiger partial charge in [-0.3, -0.25) is 4.79 Å². The first-order valence-corrected chi connectivity index (χ1v) is 3.67. The fourth-order valence-electron chi connectivity index (χ4n) is 0.861. The number of carbonyl (C=O) groups is 1. The van der Waals surface area contributed by atoms with Gasteiger partial charge >= 0.3 is 0 Å². The van der Waals surface area contributed by atoms with Crippen molar-refractivity contribution in [2.45, 2.75) is 24.3 Å². The summed E-state index contributed by atoms with van der Waals surface area (Å²) in [6.07, 6.45) is 3.20. The van der Waals surface area contributed by atoms with Gasteiger partial charge in [0.15, 0.2) is 5.78 Å². The smallest absolute Gasteiger partial charge is 0.155 e. The van der Waals surface area contributed by atoms with Gasteiger partial charge in [-0.2, -0.15) is 0 Å². The van der Waals surface area contributed by atoms with Crippen LogP contribution in [0.3, 0.4) is 0 Å². The maximum atomic E-state index is 10.7. The van der Waals surface area contributed by atoms with E-state index in [1.165, 1.54) is 12.2 Å². The monoisotopic (exact) mass is 160 g/mol. The Labute approximate surface area is 64.5 Å². The van der Waals surface area contributed by atoms with E-state index in [9.17, 15) is 4.79 Å². The summed E-state index contributed by atoms with van der Waals surface area (Å²) < 4.78 is 0. The van der Waals surface area contributed by atoms with Crippen LogP contribution in [0.5, 0.6) is 0 Å². The zero-order valence-electron chi connectivity index (χ0n) is 5.46. The summed E-state index contributed by atoms with van der Waals surface area (Å²) in [7, 11) is 0. The molecule has 1 aliphatic rings. The van der Waals surface area contributed by atoms with Crippen molar-refractivity contribution in [3.05, 3.63) is 12.2 Å². The molecule has 0 aromatic carbocycles. The standard InChI is InChI=1S/C7H9ClO2/c8-6-3-1-5(9)2-4-7(6)10/h2,4,6-7,10H,1,3H2/t6-,7-/m1/s1. The van der Waals surface area contributed by atoms with E-state index >= 15 is 0 Å². The molecule has 0 heterocycles. The Hall–Kier alpha value is -0.340. The number of aliphatic hydroxyl groups is 1. The van der Waals surface area contributed by atoms with Crippen LogP contribution in [0.25, 0.3) is 0 Å². The summed E-state index contributed by atoms with van der Waals surface area (Å²) >= 11 is 5.68. The SMILES string of the molecule is O=C1C=C[C@@H](O)[C@H](Cl)CC1. The highest BCUT2D eigenvalue weighted by molar-refractivity contribution is 6.21. The molecule has 0 radical (unpaired) electrons. The molecule has 1 aliphatic carbocycles. The van der Waals surface area contributed by atoms with Crippen LogP contribution in [-0.4, -0.2) is 22.4 Å². The van der Waals surface area contributed by atoms with Gasteiger partial charge in [-0.25, -0.2) is 0 Å². The summed E-state index contributed by atoms with van der Waals surface area (Å²) in [5, 5.41) is 8.80. The summed E-state index contributed by atoms with van der Waals surface area (Å²) in [6.45, 7) is 0. The minimum Gasteiger partial charge on any atom is -0.387 e. The Balaban J connectivity index is 2.62. The number of alkyl halides is 1. The van der Waals surface area contributed by atoms with Crippen molar-refractivity contribution in [2.24, 2.45) is 0 Å². The number of aliphatic hydroxyl groups excluding tert-OH is 1. The van der Waals surface area contributed by atoms with E-state index in [0.717, 1.165) is 0 Å². The molecular weight excluding hydrogens is 152 g/mol. The molecule has 0 fully saturated rings. The normalized spacial score (nSPS) is 34.0. The van der Waals surface area contributed by atoms with E-state index in [4.69, 9.17) is 16.7 Å². The lowest BCUT2D eigenvalue weighted by molar-refractivity contribution is -0.114. The predicted octanol–water partition coefficient (Wildman–Crippen LogP) is 0.874. The minimum atomic E-state index is -0.659. The van der Waals surface area contributed by atoms with Crippen molar-refractivity contribution < 1.29 is 9.90 Å². The van der Waals surface area contributed by atoms with Crippen molar-refractivity contribution in [1.29, 1.82) is 0 Å². The van der Waals surface area contributed by atoms with E-state index in [2.05, 4.69) is 0 Å². The van der Waals surface area contributed by atoms with Crippen LogP contribution >= 0.6 is 11.6 Å². The number of ketones is 1. The number of hydrogen-bond donors (Lipinski definition) is 1. The molecule has 0 amide bonds. The molecule has 3 heteroatoms. The third kappa shape index (κ3) is 1.82. The fraction of sp³-hybridized carbons (Fsp3) is 0.571. The quantitative estimate of drug-likeness (QED) is 0.534. The topological polar surface area (TPSA) is 37.3 Å². The van der Waals surface area contributed by atoms with Crippen LogP contribution in [0.4, 0.5) is 0 Å². The molecule has 0 aliphatic heterocycles. The van der Waals surface area contributed by atoms with E-state index < -0.39 is 6.10 Å². The van der Waals surface area contributed by atoms with Crippen LogP contribution in [0.15, 0.2) is 12.2 Å². The zero-order valence-corrected chi connectivity index (χ0v) is 6.21. The Morgan fingerprint density at radius 3 is 3.10 bits per heavy atom. The van der Waals surface area contributed by atoms with Gasteiger partial charge in [0.05, 0.1) is 11.5 Å². The lowest BCUT2D eigenvalue weighted by Gasteiger charge is -2.08. The summed E-state index contributed by atoms with van der Waals surface area (Å²) in [5.74, 6) is 0.0437. The lowest BCUT2D eigenvalue weighted by Crippen LogP contribution is -2.16. The van der Waals surface area contributed by atoms with Gasteiger partial charge in [0.2, 0.25) is 0 Å². The van der Waals surface area contributed by atoms with Crippen molar-refractivity contribution in [1.82, 2.24) is 0 Å². The fourth-order valence-corrected chi connectivity index (χ4v) is 1.05. The van der Waals surface area contributed by atoms with Crippen molar-refractivity contribution >= 4 is 17.4 Å². The maximum Gasteiger partial charge on any atom is 0.155 e. The first kappa shape index (κ1) is 7.76. The van der Waals surface area contributed by atoms with Gasteiger partial charge in [0.1, 0.15) is 0 Å². The molecule has 0 aromatic heterocycles. The Kier molecular flexibility index (Phi) is 2.46. The molecule has 0 unspecified atom stereocenters. The molecule has 0 bridgehead atoms. The van der Waals surface area contributed by atoms with E-state index in [0.29, 0.717) is 12.8 Å². The third-order valence-corrected chi connectivity index (χ3v) is 1.99. The average molecular weight is 161 g/mol. The number of halogens is 1. The van der Waals surface area contributed by atoms with Crippen LogP contribution < -0.4 is 0 Å². The molecular formula is C7H9ClO2. The second-order valence-corrected chi connectivity index (χ2v) is 2.93. The van der Waals surface area contributed by atoms with Gasteiger partial charge < -0.3 is 5.11 Å². The van der Waals surface area contributed by atoms with Crippen molar-refractivity contribution in [3.8, 4) is 0 Å². The van der Waals surface area contributed by atoms with Crippen LogP contribution in [0.1, 0.15) is 12.8 Å². The zero-order chi connectivity index (χ0) is 7.56. The highest BCUT2D eigenvalue weighted by Gasteiger charge is 2.17. The molecule has 10 heavy (non-hydrogen) atoms. The highest BCUT2D eigenvalue weighted by Crippen LogP contribution is 2.15. The number of allylic oxidation sites excluding steroid dienone is 1.